The van der Waals surface area contributed by atoms with Gasteiger partial charge in [-0.1, -0.05) is 29.8 Å². The molecule has 2 rings (SSSR count). The number of hydrogen-bond donors (Lipinski definition) is 2. The van der Waals surface area contributed by atoms with Gasteiger partial charge in [-0.3, -0.25) is 9.59 Å². The fraction of sp³-hybridized carbons (Fsp3) is 0.250. The maximum Gasteiger partial charge on any atom is 0.342 e. The van der Waals surface area contributed by atoms with Crippen LogP contribution in [0.3, 0.4) is 0 Å². The summed E-state index contributed by atoms with van der Waals surface area (Å²) in [4.78, 5) is 36.0. The van der Waals surface area contributed by atoms with Crippen LogP contribution in [0.25, 0.3) is 0 Å². The Hall–Kier alpha value is -3.06. The Bertz CT molecular complexity index is 878. The molecule has 0 atom stereocenters. The van der Waals surface area contributed by atoms with Gasteiger partial charge in [-0.25, -0.2) is 4.79 Å². The predicted octanol–water partition coefficient (Wildman–Crippen LogP) is 2.88. The molecule has 8 heteroatoms. The second-order valence-electron chi connectivity index (χ2n) is 6.01. The Kier molecular flexibility index (Phi) is 7.40. The number of rotatable bonds is 7. The number of nitrogens with one attached hydrogen (secondary N) is 2. The van der Waals surface area contributed by atoms with Gasteiger partial charge in [-0.15, -0.1) is 0 Å². The van der Waals surface area contributed by atoms with Crippen molar-refractivity contribution < 1.29 is 23.9 Å². The number of benzene rings is 2. The van der Waals surface area contributed by atoms with Crippen molar-refractivity contribution in [1.82, 2.24) is 5.32 Å². The van der Waals surface area contributed by atoms with E-state index in [-0.39, 0.29) is 23.8 Å². The van der Waals surface area contributed by atoms with Crippen LogP contribution in [0, 0.1) is 13.8 Å². The van der Waals surface area contributed by atoms with Gasteiger partial charge in [0.05, 0.1) is 13.7 Å². The van der Waals surface area contributed by atoms with Crippen LogP contribution in [-0.4, -0.2) is 38.0 Å². The van der Waals surface area contributed by atoms with Crippen LogP contribution in [0.4, 0.5) is 5.69 Å². The van der Waals surface area contributed by atoms with E-state index in [9.17, 15) is 14.4 Å². The molecule has 148 valence electrons. The Morgan fingerprint density at radius 2 is 1.71 bits per heavy atom. The monoisotopic (exact) mass is 404 g/mol. The quantitative estimate of drug-likeness (QED) is 0.692. The Labute approximate surface area is 168 Å². The van der Waals surface area contributed by atoms with Crippen LogP contribution in [0.15, 0.2) is 36.4 Å². The first-order valence-corrected chi connectivity index (χ1v) is 8.83. The van der Waals surface area contributed by atoms with E-state index in [4.69, 9.17) is 21.1 Å². The van der Waals surface area contributed by atoms with Gasteiger partial charge in [-0.05, 0) is 43.2 Å². The third kappa shape index (κ3) is 5.72. The standard InChI is InChI=1S/C20H21ClN2O5/c1-12-5-4-6-13(2)19(12)23-17(24)10-22-18(25)11-28-20(26)15-9-14(21)7-8-16(15)27-3/h4-9H,10-11H2,1-3H3,(H,22,25)(H,23,24). The Morgan fingerprint density at radius 1 is 1.04 bits per heavy atom. The number of para-hydroxylation sites is 1. The zero-order valence-corrected chi connectivity index (χ0v) is 16.6. The number of amides is 2. The summed E-state index contributed by atoms with van der Waals surface area (Å²) < 4.78 is 10.0. The second-order valence-corrected chi connectivity index (χ2v) is 6.45. The lowest BCUT2D eigenvalue weighted by atomic mass is 10.1. The molecule has 2 N–H and O–H groups in total. The molecule has 0 saturated carbocycles. The normalized spacial score (nSPS) is 10.1. The number of aryl methyl sites for hydroxylation is 2. The van der Waals surface area contributed by atoms with Gasteiger partial charge in [0, 0.05) is 10.7 Å². The zero-order chi connectivity index (χ0) is 20.7. The van der Waals surface area contributed by atoms with Crippen molar-refractivity contribution in [3.63, 3.8) is 0 Å². The van der Waals surface area contributed by atoms with Gasteiger partial charge in [0.2, 0.25) is 5.91 Å². The summed E-state index contributed by atoms with van der Waals surface area (Å²) in [5, 5.41) is 5.49. The molecule has 0 radical (unpaired) electrons. The fourth-order valence-electron chi connectivity index (χ4n) is 2.47. The minimum atomic E-state index is -0.755. The second kappa shape index (κ2) is 9.75. The predicted molar refractivity (Wildman–Crippen MR) is 106 cm³/mol. The highest BCUT2D eigenvalue weighted by Gasteiger charge is 2.16. The smallest absolute Gasteiger partial charge is 0.342 e. The summed E-state index contributed by atoms with van der Waals surface area (Å²) in [7, 11) is 1.40. The molecule has 2 aromatic rings. The van der Waals surface area contributed by atoms with Crippen molar-refractivity contribution in [3.05, 3.63) is 58.1 Å². The first kappa shape index (κ1) is 21.2. The number of carbonyl (C=O) groups excluding carboxylic acids is 3. The average molecular weight is 405 g/mol. The summed E-state index contributed by atoms with van der Waals surface area (Å²) in [6.07, 6.45) is 0. The largest absolute Gasteiger partial charge is 0.496 e. The molecule has 0 aromatic heterocycles. The third-order valence-corrected chi connectivity index (χ3v) is 4.14. The van der Waals surface area contributed by atoms with Crippen LogP contribution < -0.4 is 15.4 Å². The average Bonchev–Trinajstić information content (AvgIpc) is 2.67. The molecular weight excluding hydrogens is 384 g/mol. The van der Waals surface area contributed by atoms with Gasteiger partial charge in [0.25, 0.3) is 5.91 Å². The SMILES string of the molecule is COc1ccc(Cl)cc1C(=O)OCC(=O)NCC(=O)Nc1c(C)cccc1C. The molecule has 2 amide bonds. The molecule has 7 nitrogen and oxygen atoms in total. The van der Waals surface area contributed by atoms with Gasteiger partial charge in [0.15, 0.2) is 6.61 Å². The van der Waals surface area contributed by atoms with Crippen molar-refractivity contribution in [2.45, 2.75) is 13.8 Å². The van der Waals surface area contributed by atoms with Crippen LogP contribution in [0.2, 0.25) is 5.02 Å². The Balaban J connectivity index is 1.83. The summed E-state index contributed by atoms with van der Waals surface area (Å²) in [6.45, 7) is 2.98. The minimum Gasteiger partial charge on any atom is -0.496 e. The lowest BCUT2D eigenvalue weighted by Crippen LogP contribution is -2.35. The highest BCUT2D eigenvalue weighted by atomic mass is 35.5. The Morgan fingerprint density at radius 3 is 2.36 bits per heavy atom. The summed E-state index contributed by atoms with van der Waals surface area (Å²) in [6, 6.07) is 10.1. The number of halogens is 1. The molecule has 0 heterocycles. The first-order valence-electron chi connectivity index (χ1n) is 8.45. The molecule has 0 aliphatic heterocycles. The highest BCUT2D eigenvalue weighted by Crippen LogP contribution is 2.23. The van der Waals surface area contributed by atoms with Gasteiger partial charge in [-0.2, -0.15) is 0 Å². The maximum atomic E-state index is 12.1. The molecule has 0 aliphatic carbocycles. The molecule has 0 aliphatic rings. The molecule has 28 heavy (non-hydrogen) atoms. The lowest BCUT2D eigenvalue weighted by molar-refractivity contribution is -0.126. The number of carbonyl (C=O) groups is 3. The van der Waals surface area contributed by atoms with Crippen molar-refractivity contribution >= 4 is 35.1 Å². The number of ether oxygens (including phenoxy) is 2. The first-order chi connectivity index (χ1) is 13.3. The lowest BCUT2D eigenvalue weighted by Gasteiger charge is -2.12. The topological polar surface area (TPSA) is 93.7 Å². The molecular formula is C20H21ClN2O5. The molecule has 0 bridgehead atoms. The number of methoxy groups -OCH3 is 1. The number of hydrogen-bond acceptors (Lipinski definition) is 5. The minimum absolute atomic E-state index is 0.107. The molecule has 0 unspecified atom stereocenters. The van der Waals surface area contributed by atoms with E-state index >= 15 is 0 Å². The van der Waals surface area contributed by atoms with E-state index in [2.05, 4.69) is 10.6 Å². The van der Waals surface area contributed by atoms with Crippen LogP contribution in [0.1, 0.15) is 21.5 Å². The van der Waals surface area contributed by atoms with Crippen molar-refractivity contribution in [1.29, 1.82) is 0 Å². The van der Waals surface area contributed by atoms with E-state index in [1.165, 1.54) is 19.2 Å². The van der Waals surface area contributed by atoms with E-state index in [1.54, 1.807) is 6.07 Å². The van der Waals surface area contributed by atoms with Crippen molar-refractivity contribution in [3.8, 4) is 5.75 Å². The maximum absolute atomic E-state index is 12.1. The van der Waals surface area contributed by atoms with Crippen LogP contribution in [-0.2, 0) is 14.3 Å². The van der Waals surface area contributed by atoms with E-state index in [0.29, 0.717) is 10.7 Å². The third-order valence-electron chi connectivity index (χ3n) is 3.91. The summed E-state index contributed by atoms with van der Waals surface area (Å²) in [5.74, 6) is -1.46. The number of anilines is 1. The van der Waals surface area contributed by atoms with E-state index in [1.807, 2.05) is 32.0 Å². The molecule has 2 aromatic carbocycles. The van der Waals surface area contributed by atoms with Gasteiger partial charge >= 0.3 is 5.97 Å². The molecule has 0 fully saturated rings. The van der Waals surface area contributed by atoms with E-state index < -0.39 is 18.5 Å². The van der Waals surface area contributed by atoms with Crippen LogP contribution in [0.5, 0.6) is 5.75 Å². The number of esters is 1. The van der Waals surface area contributed by atoms with Gasteiger partial charge in [0.1, 0.15) is 11.3 Å². The fourth-order valence-corrected chi connectivity index (χ4v) is 2.65. The summed E-state index contributed by atoms with van der Waals surface area (Å²) >= 11 is 5.87. The highest BCUT2D eigenvalue weighted by molar-refractivity contribution is 6.31. The molecule has 0 saturated heterocycles. The summed E-state index contributed by atoms with van der Waals surface area (Å²) in [5.41, 5.74) is 2.66. The van der Waals surface area contributed by atoms with Gasteiger partial charge < -0.3 is 20.1 Å². The zero-order valence-electron chi connectivity index (χ0n) is 15.8. The van der Waals surface area contributed by atoms with Crippen LogP contribution >= 0.6 is 11.6 Å². The van der Waals surface area contributed by atoms with Crippen molar-refractivity contribution in [2.24, 2.45) is 0 Å². The van der Waals surface area contributed by atoms with E-state index in [0.717, 1.165) is 11.1 Å². The van der Waals surface area contributed by atoms with Crippen molar-refractivity contribution in [2.75, 3.05) is 25.6 Å². The molecule has 0 spiro atoms.